The molecular formula is C24H19F5N2O2. The number of halogens is 5. The molecule has 0 aliphatic carbocycles. The van der Waals surface area contributed by atoms with Gasteiger partial charge in [0.05, 0.1) is 17.1 Å². The standard InChI is InChI=1S/C24H19F5N2O2/c1-14(32)18-4-2-3-5-19(18)16-8-11-20-21(12-16)31-22(30-20)15-6-9-17(10-7-15)33-13-23(25,26)24(27,28)29/h2-12,14,32H,13H2,1H3,(H,30,31). The van der Waals surface area contributed by atoms with Gasteiger partial charge in [0.25, 0.3) is 0 Å². The molecule has 4 aromatic rings. The second-order valence-corrected chi connectivity index (χ2v) is 7.60. The number of hydrogen-bond acceptors (Lipinski definition) is 3. The number of H-pyrrole nitrogens is 1. The van der Waals surface area contributed by atoms with Gasteiger partial charge < -0.3 is 14.8 Å². The van der Waals surface area contributed by atoms with E-state index in [2.05, 4.69) is 14.7 Å². The fraction of sp³-hybridized carbons (Fsp3) is 0.208. The summed E-state index contributed by atoms with van der Waals surface area (Å²) in [4.78, 5) is 7.69. The highest BCUT2D eigenvalue weighted by atomic mass is 19.4. The van der Waals surface area contributed by atoms with Crippen LogP contribution in [0.5, 0.6) is 5.75 Å². The predicted molar refractivity (Wildman–Crippen MR) is 114 cm³/mol. The zero-order valence-electron chi connectivity index (χ0n) is 17.3. The molecule has 4 nitrogen and oxygen atoms in total. The number of aliphatic hydroxyl groups is 1. The number of rotatable bonds is 6. The molecular weight excluding hydrogens is 443 g/mol. The molecule has 0 saturated heterocycles. The average Bonchev–Trinajstić information content (AvgIpc) is 3.20. The fourth-order valence-corrected chi connectivity index (χ4v) is 3.40. The van der Waals surface area contributed by atoms with Gasteiger partial charge in [-0.15, -0.1) is 0 Å². The summed E-state index contributed by atoms with van der Waals surface area (Å²) >= 11 is 0. The van der Waals surface area contributed by atoms with E-state index in [9.17, 15) is 27.1 Å². The Kier molecular flexibility index (Phi) is 5.84. The molecule has 9 heteroatoms. The molecule has 0 aliphatic heterocycles. The first-order valence-corrected chi connectivity index (χ1v) is 10.00. The van der Waals surface area contributed by atoms with Crippen LogP contribution in [0.2, 0.25) is 0 Å². The van der Waals surface area contributed by atoms with Crippen LogP contribution in [-0.2, 0) is 0 Å². The summed E-state index contributed by atoms with van der Waals surface area (Å²) in [5, 5.41) is 10.0. The van der Waals surface area contributed by atoms with Crippen LogP contribution in [0.25, 0.3) is 33.5 Å². The minimum atomic E-state index is -5.67. The smallest absolute Gasteiger partial charge is 0.456 e. The summed E-state index contributed by atoms with van der Waals surface area (Å²) in [5.41, 5.74) is 4.61. The molecule has 0 saturated carbocycles. The Balaban J connectivity index is 1.56. The molecule has 0 aliphatic rings. The second-order valence-electron chi connectivity index (χ2n) is 7.60. The van der Waals surface area contributed by atoms with E-state index in [4.69, 9.17) is 0 Å². The molecule has 1 atom stereocenters. The number of fused-ring (bicyclic) bond motifs is 1. The third-order valence-corrected chi connectivity index (χ3v) is 5.17. The van der Waals surface area contributed by atoms with Gasteiger partial charge in [-0.1, -0.05) is 30.3 Å². The highest BCUT2D eigenvalue weighted by Crippen LogP contribution is 2.36. The van der Waals surface area contributed by atoms with Gasteiger partial charge >= 0.3 is 12.1 Å². The number of imidazole rings is 1. The number of ether oxygens (including phenoxy) is 1. The third-order valence-electron chi connectivity index (χ3n) is 5.17. The van der Waals surface area contributed by atoms with E-state index < -0.39 is 24.8 Å². The lowest BCUT2D eigenvalue weighted by Crippen LogP contribution is -2.41. The van der Waals surface area contributed by atoms with Crippen molar-refractivity contribution in [1.82, 2.24) is 9.97 Å². The number of alkyl halides is 5. The first kappa shape index (κ1) is 22.7. The molecule has 0 bridgehead atoms. The Morgan fingerprint density at radius 3 is 2.27 bits per heavy atom. The Hall–Kier alpha value is -3.46. The molecule has 172 valence electrons. The SMILES string of the molecule is CC(O)c1ccccc1-c1ccc2nc(-c3ccc(OCC(F)(F)C(F)(F)F)cc3)[nH]c2c1. The molecule has 1 heterocycles. The van der Waals surface area contributed by atoms with Crippen molar-refractivity contribution < 1.29 is 31.8 Å². The van der Waals surface area contributed by atoms with Crippen LogP contribution in [0.3, 0.4) is 0 Å². The summed E-state index contributed by atoms with van der Waals surface area (Å²) in [7, 11) is 0. The molecule has 4 rings (SSSR count). The maximum Gasteiger partial charge on any atom is 0.456 e. The summed E-state index contributed by atoms with van der Waals surface area (Å²) in [6.45, 7) is -0.0967. The van der Waals surface area contributed by atoms with E-state index in [1.54, 1.807) is 6.92 Å². The summed E-state index contributed by atoms with van der Waals surface area (Å²) in [6.07, 6.45) is -6.30. The van der Waals surface area contributed by atoms with Gasteiger partial charge in [0.2, 0.25) is 0 Å². The number of hydrogen-bond donors (Lipinski definition) is 2. The number of aliphatic hydroxyl groups excluding tert-OH is 1. The Bertz CT molecular complexity index is 1260. The van der Waals surface area contributed by atoms with Gasteiger partial charge in [0, 0.05) is 5.56 Å². The number of nitrogens with one attached hydrogen (secondary N) is 1. The molecule has 0 radical (unpaired) electrons. The highest BCUT2D eigenvalue weighted by Gasteiger charge is 2.58. The molecule has 3 aromatic carbocycles. The van der Waals surface area contributed by atoms with Crippen LogP contribution in [0.15, 0.2) is 66.7 Å². The number of aromatic amines is 1. The number of aromatic nitrogens is 2. The van der Waals surface area contributed by atoms with Gasteiger partial charge in [-0.3, -0.25) is 0 Å². The minimum Gasteiger partial charge on any atom is -0.487 e. The largest absolute Gasteiger partial charge is 0.487 e. The van der Waals surface area contributed by atoms with Crippen molar-refractivity contribution in [3.63, 3.8) is 0 Å². The normalized spacial score (nSPS) is 13.3. The first-order valence-electron chi connectivity index (χ1n) is 10.00. The number of benzene rings is 3. The van der Waals surface area contributed by atoms with E-state index in [0.717, 1.165) is 22.2 Å². The van der Waals surface area contributed by atoms with E-state index in [1.807, 2.05) is 42.5 Å². The lowest BCUT2D eigenvalue weighted by molar-refractivity contribution is -0.290. The average molecular weight is 462 g/mol. The van der Waals surface area contributed by atoms with Crippen LogP contribution in [0.1, 0.15) is 18.6 Å². The molecule has 2 N–H and O–H groups in total. The highest BCUT2D eigenvalue weighted by molar-refractivity contribution is 5.85. The summed E-state index contributed by atoms with van der Waals surface area (Å²) < 4.78 is 67.5. The minimum absolute atomic E-state index is 0.115. The van der Waals surface area contributed by atoms with E-state index in [0.29, 0.717) is 16.9 Å². The van der Waals surface area contributed by atoms with Crippen molar-refractivity contribution in [3.05, 3.63) is 72.3 Å². The lowest BCUT2D eigenvalue weighted by atomic mass is 9.96. The van der Waals surface area contributed by atoms with E-state index in [-0.39, 0.29) is 5.75 Å². The topological polar surface area (TPSA) is 58.1 Å². The maximum absolute atomic E-state index is 13.0. The van der Waals surface area contributed by atoms with Crippen molar-refractivity contribution in [1.29, 1.82) is 0 Å². The molecule has 0 amide bonds. The summed E-state index contributed by atoms with van der Waals surface area (Å²) in [6, 6.07) is 18.8. The fourth-order valence-electron chi connectivity index (χ4n) is 3.40. The molecule has 0 spiro atoms. The van der Waals surface area contributed by atoms with Crippen LogP contribution >= 0.6 is 0 Å². The monoisotopic (exact) mass is 462 g/mol. The van der Waals surface area contributed by atoms with Gasteiger partial charge in [0.1, 0.15) is 11.6 Å². The molecule has 1 aromatic heterocycles. The lowest BCUT2D eigenvalue weighted by Gasteiger charge is -2.19. The van der Waals surface area contributed by atoms with Crippen LogP contribution < -0.4 is 4.74 Å². The Morgan fingerprint density at radius 1 is 0.939 bits per heavy atom. The van der Waals surface area contributed by atoms with Crippen molar-refractivity contribution in [2.45, 2.75) is 25.1 Å². The Morgan fingerprint density at radius 2 is 1.61 bits per heavy atom. The van der Waals surface area contributed by atoms with E-state index in [1.165, 1.54) is 24.3 Å². The van der Waals surface area contributed by atoms with Crippen LogP contribution in [-0.4, -0.2) is 33.8 Å². The zero-order valence-corrected chi connectivity index (χ0v) is 17.3. The first-order chi connectivity index (χ1) is 15.5. The van der Waals surface area contributed by atoms with Crippen molar-refractivity contribution in [2.75, 3.05) is 6.61 Å². The summed E-state index contributed by atoms with van der Waals surface area (Å²) in [5.74, 6) is -4.55. The van der Waals surface area contributed by atoms with E-state index >= 15 is 0 Å². The van der Waals surface area contributed by atoms with Crippen LogP contribution in [0, 0.1) is 0 Å². The van der Waals surface area contributed by atoms with Gasteiger partial charge in [-0.25, -0.2) is 4.98 Å². The Labute approximate surface area is 185 Å². The maximum atomic E-state index is 13.0. The van der Waals surface area contributed by atoms with Gasteiger partial charge in [0.15, 0.2) is 6.61 Å². The van der Waals surface area contributed by atoms with Crippen molar-refractivity contribution in [3.8, 4) is 28.3 Å². The van der Waals surface area contributed by atoms with Crippen molar-refractivity contribution in [2.24, 2.45) is 0 Å². The zero-order chi connectivity index (χ0) is 23.8. The molecule has 1 unspecified atom stereocenters. The van der Waals surface area contributed by atoms with Crippen molar-refractivity contribution >= 4 is 11.0 Å². The third kappa shape index (κ3) is 4.68. The van der Waals surface area contributed by atoms with Gasteiger partial charge in [-0.05, 0) is 60.0 Å². The number of nitrogens with zero attached hydrogens (tertiary/aromatic N) is 1. The van der Waals surface area contributed by atoms with Crippen LogP contribution in [0.4, 0.5) is 22.0 Å². The second kappa shape index (κ2) is 8.47. The molecule has 33 heavy (non-hydrogen) atoms. The molecule has 0 fully saturated rings. The van der Waals surface area contributed by atoms with Gasteiger partial charge in [-0.2, -0.15) is 22.0 Å². The predicted octanol–water partition coefficient (Wildman–Crippen LogP) is 6.53. The quantitative estimate of drug-likeness (QED) is 0.321.